The van der Waals surface area contributed by atoms with Crippen molar-refractivity contribution in [2.45, 2.75) is 46.1 Å². The standard InChI is InChI=1S/C12H26N2/c1-4-12(13)11-5-7-14(8-6-11)9-10(2)3/h10-12H,4-9,13H2,1-3H3. The van der Waals surface area contributed by atoms with Crippen LogP contribution in [0.3, 0.4) is 0 Å². The Labute approximate surface area is 88.8 Å². The van der Waals surface area contributed by atoms with E-state index in [0.717, 1.165) is 18.3 Å². The molecule has 84 valence electrons. The quantitative estimate of drug-likeness (QED) is 0.749. The van der Waals surface area contributed by atoms with Crippen molar-refractivity contribution in [3.05, 3.63) is 0 Å². The largest absolute Gasteiger partial charge is 0.327 e. The summed E-state index contributed by atoms with van der Waals surface area (Å²) in [6.45, 7) is 10.6. The van der Waals surface area contributed by atoms with Crippen molar-refractivity contribution in [2.75, 3.05) is 19.6 Å². The summed E-state index contributed by atoms with van der Waals surface area (Å²) in [5.41, 5.74) is 6.08. The Morgan fingerprint density at radius 2 is 1.86 bits per heavy atom. The average molecular weight is 198 g/mol. The van der Waals surface area contributed by atoms with Crippen LogP contribution >= 0.6 is 0 Å². The van der Waals surface area contributed by atoms with E-state index in [-0.39, 0.29) is 0 Å². The molecular formula is C12H26N2. The zero-order valence-corrected chi connectivity index (χ0v) is 10.00. The molecule has 1 rings (SSSR count). The van der Waals surface area contributed by atoms with Crippen LogP contribution in [-0.2, 0) is 0 Å². The lowest BCUT2D eigenvalue weighted by molar-refractivity contribution is 0.153. The summed E-state index contributed by atoms with van der Waals surface area (Å²) in [7, 11) is 0. The molecule has 1 aliphatic heterocycles. The van der Waals surface area contributed by atoms with Crippen LogP contribution in [0.1, 0.15) is 40.0 Å². The highest BCUT2D eigenvalue weighted by Crippen LogP contribution is 2.21. The van der Waals surface area contributed by atoms with Crippen molar-refractivity contribution in [1.82, 2.24) is 4.90 Å². The highest BCUT2D eigenvalue weighted by Gasteiger charge is 2.23. The van der Waals surface area contributed by atoms with Crippen molar-refractivity contribution in [2.24, 2.45) is 17.6 Å². The molecule has 2 nitrogen and oxygen atoms in total. The Kier molecular flexibility index (Phi) is 4.90. The molecule has 1 atom stereocenters. The van der Waals surface area contributed by atoms with Crippen LogP contribution in [0.15, 0.2) is 0 Å². The molecular weight excluding hydrogens is 172 g/mol. The SMILES string of the molecule is CCC(N)C1CCN(CC(C)C)CC1. The average Bonchev–Trinajstić information content (AvgIpc) is 2.17. The Hall–Kier alpha value is -0.0800. The zero-order valence-electron chi connectivity index (χ0n) is 10.00. The van der Waals surface area contributed by atoms with Gasteiger partial charge in [-0.2, -0.15) is 0 Å². The minimum absolute atomic E-state index is 0.441. The predicted octanol–water partition coefficient (Wildman–Crippen LogP) is 2.09. The van der Waals surface area contributed by atoms with Gasteiger partial charge in [0.15, 0.2) is 0 Å². The van der Waals surface area contributed by atoms with E-state index in [0.29, 0.717) is 6.04 Å². The van der Waals surface area contributed by atoms with Gasteiger partial charge in [0, 0.05) is 12.6 Å². The van der Waals surface area contributed by atoms with Crippen molar-refractivity contribution >= 4 is 0 Å². The highest BCUT2D eigenvalue weighted by atomic mass is 15.1. The van der Waals surface area contributed by atoms with Crippen molar-refractivity contribution in [1.29, 1.82) is 0 Å². The third-order valence-electron chi connectivity index (χ3n) is 3.33. The normalized spacial score (nSPS) is 22.9. The topological polar surface area (TPSA) is 29.3 Å². The van der Waals surface area contributed by atoms with E-state index in [1.807, 2.05) is 0 Å². The molecule has 1 aliphatic rings. The van der Waals surface area contributed by atoms with Crippen molar-refractivity contribution in [3.8, 4) is 0 Å². The predicted molar refractivity (Wildman–Crippen MR) is 62.3 cm³/mol. The number of piperidine rings is 1. The summed E-state index contributed by atoms with van der Waals surface area (Å²) in [6.07, 6.45) is 3.75. The van der Waals surface area contributed by atoms with E-state index in [2.05, 4.69) is 25.7 Å². The number of rotatable bonds is 4. The summed E-state index contributed by atoms with van der Waals surface area (Å²) >= 11 is 0. The molecule has 14 heavy (non-hydrogen) atoms. The smallest absolute Gasteiger partial charge is 0.00654 e. The van der Waals surface area contributed by atoms with Gasteiger partial charge in [-0.3, -0.25) is 0 Å². The molecule has 2 heteroatoms. The van der Waals surface area contributed by atoms with E-state index >= 15 is 0 Å². The van der Waals surface area contributed by atoms with Gasteiger partial charge in [0.1, 0.15) is 0 Å². The van der Waals surface area contributed by atoms with Gasteiger partial charge in [-0.25, -0.2) is 0 Å². The maximum atomic E-state index is 6.08. The van der Waals surface area contributed by atoms with E-state index in [1.54, 1.807) is 0 Å². The third kappa shape index (κ3) is 3.58. The Balaban J connectivity index is 2.24. The first-order valence-corrected chi connectivity index (χ1v) is 6.11. The van der Waals surface area contributed by atoms with Crippen LogP contribution in [0.25, 0.3) is 0 Å². The second-order valence-corrected chi connectivity index (χ2v) is 5.10. The molecule has 1 unspecified atom stereocenters. The molecule has 0 aromatic heterocycles. The monoisotopic (exact) mass is 198 g/mol. The van der Waals surface area contributed by atoms with Crippen LogP contribution < -0.4 is 5.73 Å². The first-order valence-electron chi connectivity index (χ1n) is 6.11. The first kappa shape index (κ1) is 12.0. The third-order valence-corrected chi connectivity index (χ3v) is 3.33. The van der Waals surface area contributed by atoms with Gasteiger partial charge in [0.25, 0.3) is 0 Å². The van der Waals surface area contributed by atoms with Gasteiger partial charge in [-0.1, -0.05) is 20.8 Å². The Bertz CT molecular complexity index is 148. The Morgan fingerprint density at radius 1 is 1.29 bits per heavy atom. The lowest BCUT2D eigenvalue weighted by atomic mass is 9.88. The van der Waals surface area contributed by atoms with E-state index < -0.39 is 0 Å². The minimum Gasteiger partial charge on any atom is -0.327 e. The van der Waals surface area contributed by atoms with Crippen LogP contribution in [0.5, 0.6) is 0 Å². The fourth-order valence-electron chi connectivity index (χ4n) is 2.41. The number of hydrogen-bond acceptors (Lipinski definition) is 2. The molecule has 1 fully saturated rings. The van der Waals surface area contributed by atoms with E-state index in [1.165, 1.54) is 32.5 Å². The molecule has 0 amide bonds. The number of likely N-dealkylation sites (tertiary alicyclic amines) is 1. The fourth-order valence-corrected chi connectivity index (χ4v) is 2.41. The molecule has 0 aliphatic carbocycles. The van der Waals surface area contributed by atoms with E-state index in [4.69, 9.17) is 5.73 Å². The van der Waals surface area contributed by atoms with Crippen molar-refractivity contribution in [3.63, 3.8) is 0 Å². The first-order chi connectivity index (χ1) is 6.63. The van der Waals surface area contributed by atoms with Crippen LogP contribution in [0, 0.1) is 11.8 Å². The lowest BCUT2D eigenvalue weighted by Crippen LogP contribution is -2.41. The molecule has 1 saturated heterocycles. The van der Waals surface area contributed by atoms with Gasteiger partial charge in [0.2, 0.25) is 0 Å². The highest BCUT2D eigenvalue weighted by molar-refractivity contribution is 4.79. The number of hydrogen-bond donors (Lipinski definition) is 1. The number of nitrogens with zero attached hydrogens (tertiary/aromatic N) is 1. The van der Waals surface area contributed by atoms with Gasteiger partial charge >= 0.3 is 0 Å². The maximum Gasteiger partial charge on any atom is 0.00654 e. The summed E-state index contributed by atoms with van der Waals surface area (Å²) in [6, 6.07) is 0.441. The van der Waals surface area contributed by atoms with Crippen LogP contribution in [-0.4, -0.2) is 30.6 Å². The second-order valence-electron chi connectivity index (χ2n) is 5.10. The summed E-state index contributed by atoms with van der Waals surface area (Å²) in [5, 5.41) is 0. The molecule has 2 N–H and O–H groups in total. The minimum atomic E-state index is 0.441. The van der Waals surface area contributed by atoms with Gasteiger partial charge in [0.05, 0.1) is 0 Å². The van der Waals surface area contributed by atoms with Gasteiger partial charge in [-0.05, 0) is 44.2 Å². The molecule has 0 radical (unpaired) electrons. The van der Waals surface area contributed by atoms with Crippen molar-refractivity contribution < 1.29 is 0 Å². The second kappa shape index (κ2) is 5.72. The molecule has 0 bridgehead atoms. The maximum absolute atomic E-state index is 6.08. The molecule has 0 saturated carbocycles. The Morgan fingerprint density at radius 3 is 2.29 bits per heavy atom. The van der Waals surface area contributed by atoms with E-state index in [9.17, 15) is 0 Å². The fraction of sp³-hybridized carbons (Fsp3) is 1.00. The summed E-state index contributed by atoms with van der Waals surface area (Å²) in [4.78, 5) is 2.59. The molecule has 0 aromatic carbocycles. The molecule has 0 spiro atoms. The lowest BCUT2D eigenvalue weighted by Gasteiger charge is -2.35. The van der Waals surface area contributed by atoms with Gasteiger partial charge in [-0.15, -0.1) is 0 Å². The van der Waals surface area contributed by atoms with Gasteiger partial charge < -0.3 is 10.6 Å². The van der Waals surface area contributed by atoms with Crippen LogP contribution in [0.4, 0.5) is 0 Å². The molecule has 1 heterocycles. The zero-order chi connectivity index (χ0) is 10.6. The molecule has 0 aromatic rings. The van der Waals surface area contributed by atoms with Crippen LogP contribution in [0.2, 0.25) is 0 Å². The summed E-state index contributed by atoms with van der Waals surface area (Å²) in [5.74, 6) is 1.58. The summed E-state index contributed by atoms with van der Waals surface area (Å²) < 4.78 is 0. The number of nitrogens with two attached hydrogens (primary N) is 1.